The molecule has 0 radical (unpaired) electrons. The Hall–Kier alpha value is -2.15. The molecule has 0 spiro atoms. The normalized spacial score (nSPS) is 18.6. The Morgan fingerprint density at radius 1 is 1.20 bits per heavy atom. The third kappa shape index (κ3) is 2.86. The molecule has 0 atom stereocenters. The molecule has 2 aromatic heterocycles. The van der Waals surface area contributed by atoms with E-state index >= 15 is 0 Å². The van der Waals surface area contributed by atoms with E-state index in [0.717, 1.165) is 24.8 Å². The van der Waals surface area contributed by atoms with Gasteiger partial charge in [0.15, 0.2) is 0 Å². The molecule has 2 aliphatic rings. The number of carbonyl (C=O) groups excluding carboxylic acids is 1. The highest BCUT2D eigenvalue weighted by Gasteiger charge is 2.32. The van der Waals surface area contributed by atoms with Crippen molar-refractivity contribution in [3.63, 3.8) is 0 Å². The minimum absolute atomic E-state index is 0.00369. The first-order chi connectivity index (χ1) is 11.8. The van der Waals surface area contributed by atoms with Crippen LogP contribution in [0.5, 0.6) is 0 Å². The van der Waals surface area contributed by atoms with Crippen LogP contribution in [0.4, 0.5) is 0 Å². The zero-order chi connectivity index (χ0) is 17.8. The number of thiophene rings is 1. The number of rotatable bonds is 1. The molecule has 2 N–H and O–H groups in total. The fourth-order valence-corrected chi connectivity index (χ4v) is 5.16. The second-order valence-electron chi connectivity index (χ2n) is 7.73. The Morgan fingerprint density at radius 2 is 2.00 bits per heavy atom. The molecule has 1 amide bonds. The van der Waals surface area contributed by atoms with Crippen LogP contribution in [0.25, 0.3) is 0 Å². The number of amides is 1. The van der Waals surface area contributed by atoms with Crippen LogP contribution in [0.1, 0.15) is 52.3 Å². The largest absolute Gasteiger partial charge is 0.332 e. The first kappa shape index (κ1) is 16.3. The molecule has 132 valence electrons. The predicted molar refractivity (Wildman–Crippen MR) is 96.3 cm³/mol. The van der Waals surface area contributed by atoms with E-state index in [9.17, 15) is 14.4 Å². The van der Waals surface area contributed by atoms with Gasteiger partial charge in [0.1, 0.15) is 0 Å². The third-order valence-electron chi connectivity index (χ3n) is 5.30. The maximum Gasteiger partial charge on any atom is 0.325 e. The van der Waals surface area contributed by atoms with E-state index in [-0.39, 0.29) is 18.0 Å². The summed E-state index contributed by atoms with van der Waals surface area (Å²) in [7, 11) is 0. The van der Waals surface area contributed by atoms with E-state index in [0.29, 0.717) is 29.6 Å². The highest BCUT2D eigenvalue weighted by molar-refractivity contribution is 7.10. The first-order valence-corrected chi connectivity index (χ1v) is 9.45. The van der Waals surface area contributed by atoms with Gasteiger partial charge in [0, 0.05) is 28.1 Å². The van der Waals surface area contributed by atoms with Gasteiger partial charge in [-0.05, 0) is 36.7 Å². The lowest BCUT2D eigenvalue weighted by Gasteiger charge is -2.31. The summed E-state index contributed by atoms with van der Waals surface area (Å²) in [4.78, 5) is 44.4. The van der Waals surface area contributed by atoms with Crippen LogP contribution in [0, 0.1) is 5.41 Å². The minimum atomic E-state index is -0.520. The first-order valence-electron chi connectivity index (χ1n) is 8.57. The fraction of sp³-hybridized carbons (Fsp3) is 0.500. The van der Waals surface area contributed by atoms with Crippen molar-refractivity contribution in [2.75, 3.05) is 6.54 Å². The standard InChI is InChI=1S/C18H21N3O3S/c1-18(2)5-3-10-12(9-25-14(10)7-18)16(23)21-6-4-11-13(8-21)19-17(24)20-15(11)22/h9H,3-8H2,1-2H3,(H2,19,20,22,24). The topological polar surface area (TPSA) is 86.0 Å². The van der Waals surface area contributed by atoms with Gasteiger partial charge in [-0.15, -0.1) is 11.3 Å². The average Bonchev–Trinajstić information content (AvgIpc) is 2.94. The summed E-state index contributed by atoms with van der Waals surface area (Å²) in [6.45, 7) is 5.32. The van der Waals surface area contributed by atoms with Crippen molar-refractivity contribution in [3.05, 3.63) is 53.5 Å². The van der Waals surface area contributed by atoms with E-state index < -0.39 is 5.69 Å². The van der Waals surface area contributed by atoms with Crippen molar-refractivity contribution in [1.82, 2.24) is 14.9 Å². The molecule has 1 aliphatic carbocycles. The Morgan fingerprint density at radius 3 is 2.80 bits per heavy atom. The van der Waals surface area contributed by atoms with Crippen LogP contribution in [0.15, 0.2) is 15.0 Å². The molecule has 7 heteroatoms. The number of hydrogen-bond donors (Lipinski definition) is 2. The SMILES string of the molecule is CC1(C)CCc2c(C(=O)N3CCc4c([nH]c(=O)[nH]c4=O)C3)csc2C1. The zero-order valence-corrected chi connectivity index (χ0v) is 15.2. The van der Waals surface area contributed by atoms with E-state index in [4.69, 9.17) is 0 Å². The Kier molecular flexibility index (Phi) is 3.72. The van der Waals surface area contributed by atoms with Gasteiger partial charge in [0.2, 0.25) is 0 Å². The molecule has 2 aromatic rings. The van der Waals surface area contributed by atoms with E-state index in [1.165, 1.54) is 10.4 Å². The molecule has 6 nitrogen and oxygen atoms in total. The molecular weight excluding hydrogens is 338 g/mol. The van der Waals surface area contributed by atoms with Gasteiger partial charge < -0.3 is 9.88 Å². The second kappa shape index (κ2) is 5.69. The van der Waals surface area contributed by atoms with Crippen LogP contribution in [-0.4, -0.2) is 27.3 Å². The highest BCUT2D eigenvalue weighted by Crippen LogP contribution is 2.39. The van der Waals surface area contributed by atoms with Gasteiger partial charge in [-0.2, -0.15) is 0 Å². The van der Waals surface area contributed by atoms with Gasteiger partial charge in [-0.3, -0.25) is 14.6 Å². The maximum absolute atomic E-state index is 13.0. The second-order valence-corrected chi connectivity index (χ2v) is 8.70. The Bertz CT molecular complexity index is 967. The van der Waals surface area contributed by atoms with Crippen molar-refractivity contribution in [3.8, 4) is 0 Å². The van der Waals surface area contributed by atoms with Crippen molar-refractivity contribution in [1.29, 1.82) is 0 Å². The number of carbonyl (C=O) groups is 1. The van der Waals surface area contributed by atoms with Crippen LogP contribution >= 0.6 is 11.3 Å². The molecular formula is C18H21N3O3S. The summed E-state index contributed by atoms with van der Waals surface area (Å²) in [5, 5.41) is 1.98. The number of hydrogen-bond acceptors (Lipinski definition) is 4. The molecule has 0 saturated heterocycles. The summed E-state index contributed by atoms with van der Waals surface area (Å²) in [5.74, 6) is 0.00369. The lowest BCUT2D eigenvalue weighted by molar-refractivity contribution is 0.0729. The van der Waals surface area contributed by atoms with Crippen LogP contribution in [-0.2, 0) is 25.8 Å². The molecule has 4 rings (SSSR count). The molecule has 0 saturated carbocycles. The maximum atomic E-state index is 13.0. The molecule has 3 heterocycles. The summed E-state index contributed by atoms with van der Waals surface area (Å²) < 4.78 is 0. The molecule has 0 bridgehead atoms. The molecule has 0 fully saturated rings. The van der Waals surface area contributed by atoms with Crippen molar-refractivity contribution in [2.45, 2.75) is 46.1 Å². The fourth-order valence-electron chi connectivity index (χ4n) is 3.83. The van der Waals surface area contributed by atoms with E-state index in [2.05, 4.69) is 23.8 Å². The number of aromatic amines is 2. The number of aromatic nitrogens is 2. The summed E-state index contributed by atoms with van der Waals surface area (Å²) in [6, 6.07) is 0. The van der Waals surface area contributed by atoms with Crippen molar-refractivity contribution < 1.29 is 4.79 Å². The number of H-pyrrole nitrogens is 2. The summed E-state index contributed by atoms with van der Waals surface area (Å²) >= 11 is 1.68. The summed E-state index contributed by atoms with van der Waals surface area (Å²) in [6.07, 6.45) is 3.51. The Labute approximate surface area is 148 Å². The molecule has 1 aliphatic heterocycles. The summed E-state index contributed by atoms with van der Waals surface area (Å²) in [5.41, 5.74) is 2.55. The number of fused-ring (bicyclic) bond motifs is 2. The van der Waals surface area contributed by atoms with Gasteiger partial charge >= 0.3 is 5.69 Å². The Balaban J connectivity index is 1.62. The van der Waals surface area contributed by atoms with E-state index in [1.54, 1.807) is 16.2 Å². The lowest BCUT2D eigenvalue weighted by Crippen LogP contribution is -2.41. The lowest BCUT2D eigenvalue weighted by atomic mass is 9.77. The molecule has 0 unspecified atom stereocenters. The zero-order valence-electron chi connectivity index (χ0n) is 14.4. The molecule has 0 aromatic carbocycles. The predicted octanol–water partition coefficient (Wildman–Crippen LogP) is 1.84. The number of nitrogens with zero attached hydrogens (tertiary/aromatic N) is 1. The minimum Gasteiger partial charge on any atom is -0.332 e. The highest BCUT2D eigenvalue weighted by atomic mass is 32.1. The molecule has 25 heavy (non-hydrogen) atoms. The van der Waals surface area contributed by atoms with E-state index in [1.807, 2.05) is 5.38 Å². The van der Waals surface area contributed by atoms with Crippen molar-refractivity contribution in [2.24, 2.45) is 5.41 Å². The van der Waals surface area contributed by atoms with Gasteiger partial charge in [0.25, 0.3) is 11.5 Å². The quantitative estimate of drug-likeness (QED) is 0.815. The number of nitrogens with one attached hydrogen (secondary N) is 2. The van der Waals surface area contributed by atoms with Crippen LogP contribution in [0.2, 0.25) is 0 Å². The average molecular weight is 359 g/mol. The van der Waals surface area contributed by atoms with Gasteiger partial charge in [-0.25, -0.2) is 4.79 Å². The monoisotopic (exact) mass is 359 g/mol. The van der Waals surface area contributed by atoms with Crippen molar-refractivity contribution >= 4 is 17.2 Å². The van der Waals surface area contributed by atoms with Gasteiger partial charge in [-0.1, -0.05) is 13.8 Å². The smallest absolute Gasteiger partial charge is 0.325 e. The van der Waals surface area contributed by atoms with Crippen LogP contribution < -0.4 is 11.2 Å². The van der Waals surface area contributed by atoms with Gasteiger partial charge in [0.05, 0.1) is 12.1 Å². The third-order valence-corrected chi connectivity index (χ3v) is 6.33. The van der Waals surface area contributed by atoms with Crippen LogP contribution in [0.3, 0.4) is 0 Å².